The second-order valence-corrected chi connectivity index (χ2v) is 25.5. The first-order valence-electron chi connectivity index (χ1n) is 32.9. The number of primary amides is 3. The first-order chi connectivity index (χ1) is 49.2. The molecular weight excluding hydrogens is 1390 g/mol. The number of aliphatic carboxylic acids is 2. The van der Waals surface area contributed by atoms with Crippen LogP contribution < -0.4 is 86.7 Å². The van der Waals surface area contributed by atoms with E-state index in [1.165, 1.54) is 90.1 Å². The van der Waals surface area contributed by atoms with Gasteiger partial charge in [-0.25, -0.2) is 4.79 Å². The molecule has 1 heterocycles. The molecule has 0 bridgehead atoms. The van der Waals surface area contributed by atoms with Gasteiger partial charge in [0.05, 0.1) is 58.0 Å². The molecule has 2 aromatic carbocycles. The number of amides is 16. The molecule has 1 aliphatic heterocycles. The van der Waals surface area contributed by atoms with Crippen LogP contribution in [0.25, 0.3) is 0 Å². The van der Waals surface area contributed by atoms with Crippen molar-refractivity contribution >= 4 is 106 Å². The number of carboxylic acid groups (broad SMARTS) is 2. The van der Waals surface area contributed by atoms with Crippen LogP contribution in [0.2, 0.25) is 0 Å². The second kappa shape index (κ2) is 42.1. The fourth-order valence-electron chi connectivity index (χ4n) is 10.3. The smallest absolute Gasteiger partial charge is 0.328 e. The summed E-state index contributed by atoms with van der Waals surface area (Å²) in [5.41, 5.74) is 22.1. The molecule has 0 unspecified atom stereocenters. The molecule has 105 heavy (non-hydrogen) atoms. The number of nitrogens with two attached hydrogens (primary N) is 4. The van der Waals surface area contributed by atoms with Crippen LogP contribution >= 0.6 is 0 Å². The monoisotopic (exact) mass is 1480 g/mol. The summed E-state index contributed by atoms with van der Waals surface area (Å²) in [4.78, 5) is 238. The lowest BCUT2D eigenvalue weighted by atomic mass is 10.0. The summed E-state index contributed by atoms with van der Waals surface area (Å²) in [6.07, 6.45) is -4.14. The number of nitrogens with zero attached hydrogens (tertiary/aromatic N) is 1. The third-order valence-electron chi connectivity index (χ3n) is 15.9. The highest BCUT2D eigenvalue weighted by Gasteiger charge is 2.42. The average molecular weight is 1480 g/mol. The highest BCUT2D eigenvalue weighted by atomic mass is 16.4. The molecule has 26 N–H and O–H groups in total. The van der Waals surface area contributed by atoms with Gasteiger partial charge in [0.15, 0.2) is 0 Å². The van der Waals surface area contributed by atoms with Gasteiger partial charge in [-0.2, -0.15) is 0 Å². The summed E-state index contributed by atoms with van der Waals surface area (Å²) in [7, 11) is 0. The Morgan fingerprint density at radius 2 is 0.800 bits per heavy atom. The van der Waals surface area contributed by atoms with E-state index >= 15 is 0 Å². The number of carbonyl (C=O) groups is 18. The molecule has 0 aliphatic carbocycles. The van der Waals surface area contributed by atoms with E-state index in [2.05, 4.69) is 53.2 Å². The van der Waals surface area contributed by atoms with Crippen LogP contribution in [0.4, 0.5) is 0 Å². The quantitative estimate of drug-likeness (QED) is 0.0293. The van der Waals surface area contributed by atoms with Gasteiger partial charge >= 0.3 is 11.9 Å². The Kier molecular flexibility index (Phi) is 35.1. The van der Waals surface area contributed by atoms with E-state index in [-0.39, 0.29) is 30.9 Å². The number of rotatable bonds is 43. The van der Waals surface area contributed by atoms with E-state index < -0.39 is 262 Å². The van der Waals surface area contributed by atoms with Gasteiger partial charge in [0, 0.05) is 19.4 Å². The minimum absolute atomic E-state index is 0.0123. The molecule has 1 saturated heterocycles. The van der Waals surface area contributed by atoms with Crippen molar-refractivity contribution in [2.24, 2.45) is 40.7 Å². The van der Waals surface area contributed by atoms with E-state index in [9.17, 15) is 117 Å². The van der Waals surface area contributed by atoms with E-state index in [1.807, 2.05) is 10.6 Å². The summed E-state index contributed by atoms with van der Waals surface area (Å²) in [5, 5.41) is 86.3. The maximum atomic E-state index is 14.6. The standard InChI is InChI=1S/C64H93N17O24/c1-28(2)50(79-57(97)39(23-49(91)92)73-58(98)41(26-82)76-56(96)38(21-45(67)87)74-61(101)51(29(3)4)78-48(90)25-69-53(93)35(65)20-44(66)86)60(100)70-24-47(89)71-36(18-31-9-13-33(84)14-10-31)54(94)72-37(19-32-11-15-34(85)16-12-32)55(95)75-40(22-46(68)88)63(103)81-17-7-8-43(81)59(99)80-52(30(5)6)62(102)77-42(27-83)64(104)105/h9-16,28-30,35-43,50-52,82-85H,7-8,17-27,65H2,1-6H3,(H2,66,86)(H2,67,87)(H2,68,88)(H,69,93)(H,70,100)(H,71,89)(H,72,94)(H,73,98)(H,74,101)(H,75,95)(H,76,96)(H,77,102)(H,78,90)(H,79,97)(H,80,99)(H,91,92)(H,104,105)/t35-,36-,37-,38-,39-,40-,41-,42-,43-,50-,51-,52-/m0/s1. The van der Waals surface area contributed by atoms with Crippen LogP contribution in [0.3, 0.4) is 0 Å². The molecular formula is C64H93N17O24. The number of hydrogen-bond acceptors (Lipinski definition) is 23. The number of aromatic hydroxyl groups is 2. The number of phenolic OH excluding ortho intramolecular Hbond substituents is 2. The molecule has 0 radical (unpaired) electrons. The van der Waals surface area contributed by atoms with Crippen molar-refractivity contribution in [3.8, 4) is 11.5 Å². The summed E-state index contributed by atoms with van der Waals surface area (Å²) in [5.74, 6) is -23.6. The molecule has 41 nitrogen and oxygen atoms in total. The maximum absolute atomic E-state index is 14.6. The molecule has 16 amide bonds. The van der Waals surface area contributed by atoms with E-state index in [0.29, 0.717) is 11.1 Å². The van der Waals surface area contributed by atoms with Crippen LogP contribution in [0.5, 0.6) is 11.5 Å². The van der Waals surface area contributed by atoms with E-state index in [0.717, 1.165) is 4.90 Å². The van der Waals surface area contributed by atoms with Crippen molar-refractivity contribution in [2.45, 2.75) is 165 Å². The average Bonchev–Trinajstić information content (AvgIpc) is 1.74. The Labute approximate surface area is 600 Å². The highest BCUT2D eigenvalue weighted by molar-refractivity contribution is 6.01. The van der Waals surface area contributed by atoms with E-state index in [4.69, 9.17) is 22.9 Å². The molecule has 12 atom stereocenters. The predicted molar refractivity (Wildman–Crippen MR) is 362 cm³/mol. The van der Waals surface area contributed by atoms with Crippen molar-refractivity contribution in [3.63, 3.8) is 0 Å². The number of aliphatic hydroxyl groups is 2. The number of carboxylic acids is 2. The first-order valence-corrected chi connectivity index (χ1v) is 32.9. The van der Waals surface area contributed by atoms with Crippen LogP contribution in [0, 0.1) is 17.8 Å². The second-order valence-electron chi connectivity index (χ2n) is 25.5. The summed E-state index contributed by atoms with van der Waals surface area (Å²) in [6.45, 7) is 4.72. The molecule has 0 spiro atoms. The summed E-state index contributed by atoms with van der Waals surface area (Å²) in [6, 6.07) is -9.73. The van der Waals surface area contributed by atoms with Crippen LogP contribution in [0.1, 0.15) is 91.2 Å². The van der Waals surface area contributed by atoms with E-state index in [1.54, 1.807) is 0 Å². The zero-order valence-electron chi connectivity index (χ0n) is 58.3. The molecule has 1 aliphatic rings. The normalized spacial score (nSPS) is 15.7. The zero-order chi connectivity index (χ0) is 79.3. The maximum Gasteiger partial charge on any atom is 0.328 e. The van der Waals surface area contributed by atoms with Crippen molar-refractivity contribution in [1.29, 1.82) is 0 Å². The Balaban J connectivity index is 1.86. The number of nitrogens with one attached hydrogen (secondary N) is 12. The molecule has 578 valence electrons. The van der Waals surface area contributed by atoms with Gasteiger partial charge in [-0.1, -0.05) is 65.8 Å². The highest BCUT2D eigenvalue weighted by Crippen LogP contribution is 2.22. The molecule has 0 aromatic heterocycles. The molecule has 2 aromatic rings. The largest absolute Gasteiger partial charge is 0.508 e. The summed E-state index contributed by atoms with van der Waals surface area (Å²) >= 11 is 0. The van der Waals surface area contributed by atoms with Gasteiger partial charge in [0.1, 0.15) is 78.0 Å². The minimum atomic E-state index is -2.09. The molecule has 3 rings (SSSR count). The Bertz CT molecular complexity index is 3500. The zero-order valence-corrected chi connectivity index (χ0v) is 58.3. The van der Waals surface area contributed by atoms with Crippen molar-refractivity contribution in [2.75, 3.05) is 32.8 Å². The number of aliphatic hydroxyl groups excluding tert-OH is 2. The topological polar surface area (TPSA) is 680 Å². The van der Waals surface area contributed by atoms with Crippen molar-refractivity contribution in [1.82, 2.24) is 68.7 Å². The molecule has 0 saturated carbocycles. The number of benzene rings is 2. The number of phenols is 2. The number of hydrogen-bond donors (Lipinski definition) is 22. The van der Waals surface area contributed by atoms with Gasteiger partial charge in [0.25, 0.3) is 0 Å². The van der Waals surface area contributed by atoms with Gasteiger partial charge in [0.2, 0.25) is 94.5 Å². The molecule has 1 fully saturated rings. The summed E-state index contributed by atoms with van der Waals surface area (Å²) < 4.78 is 0. The fraction of sp³-hybridized carbons (Fsp3) is 0.531. The van der Waals surface area contributed by atoms with Crippen LogP contribution in [0.15, 0.2) is 48.5 Å². The lowest BCUT2D eigenvalue weighted by Gasteiger charge is -2.31. The van der Waals surface area contributed by atoms with Gasteiger partial charge in [-0.3, -0.25) is 81.5 Å². The SMILES string of the molecule is CC(C)[C@H](NC(=O)CNC(=O)[C@@H](N)CC(N)=O)C(=O)N[C@@H](CC(N)=O)C(=O)N[C@@H](CO)C(=O)N[C@@H](CC(=O)O)C(=O)N[C@H](C(=O)NCC(=O)N[C@@H](Cc1ccc(O)cc1)C(=O)N[C@@H](Cc1ccc(O)cc1)C(=O)N[C@@H](CC(N)=O)C(=O)N1CCC[C@H]1C(=O)N[C@H](C(=O)N[C@@H](CO)C(=O)O)C(C)C)C(C)C. The van der Waals surface area contributed by atoms with Crippen molar-refractivity contribution in [3.05, 3.63) is 59.7 Å². The lowest BCUT2D eigenvalue weighted by molar-refractivity contribution is -0.145. The number of carbonyl (C=O) groups excluding carboxylic acids is 16. The predicted octanol–water partition coefficient (Wildman–Crippen LogP) is -9.58. The third-order valence-corrected chi connectivity index (χ3v) is 15.9. The molecule has 41 heteroatoms. The first kappa shape index (κ1) is 87.6. The van der Waals surface area contributed by atoms with Gasteiger partial charge in [-0.05, 0) is 66.0 Å². The Morgan fingerprint density at radius 3 is 1.27 bits per heavy atom. The third kappa shape index (κ3) is 29.3. The minimum Gasteiger partial charge on any atom is -0.508 e. The Hall–Kier alpha value is -11.6. The van der Waals surface area contributed by atoms with Gasteiger partial charge < -0.3 is 122 Å². The lowest BCUT2D eigenvalue weighted by Crippen LogP contribution is -2.61. The van der Waals surface area contributed by atoms with Gasteiger partial charge in [-0.15, -0.1) is 0 Å². The Morgan fingerprint density at radius 1 is 0.429 bits per heavy atom. The van der Waals surface area contributed by atoms with Crippen molar-refractivity contribution < 1.29 is 117 Å². The fourth-order valence-corrected chi connectivity index (χ4v) is 10.3. The van der Waals surface area contributed by atoms with Crippen LogP contribution in [-0.2, 0) is 99.1 Å². The number of likely N-dealkylation sites (tertiary alicyclic amines) is 1. The van der Waals surface area contributed by atoms with Crippen LogP contribution in [-0.4, -0.2) is 247 Å².